The largest absolute Gasteiger partial charge is 0.394 e. The smallest absolute Gasteiger partial charge is 0.261 e. The molecule has 9 nitrogen and oxygen atoms in total. The molecular weight excluding hydrogens is 366 g/mol. The van der Waals surface area contributed by atoms with Crippen LogP contribution in [0.2, 0.25) is 0 Å². The molecule has 0 radical (unpaired) electrons. The summed E-state index contributed by atoms with van der Waals surface area (Å²) >= 11 is 0. The molecule has 2 aliphatic heterocycles. The predicted molar refractivity (Wildman–Crippen MR) is 95.2 cm³/mol. The second-order valence-corrected chi connectivity index (χ2v) is 6.87. The molecule has 0 unspecified atom stereocenters. The lowest BCUT2D eigenvalue weighted by Crippen LogP contribution is -2.30. The van der Waals surface area contributed by atoms with Gasteiger partial charge in [-0.25, -0.2) is 0 Å². The quantitative estimate of drug-likeness (QED) is 0.621. The van der Waals surface area contributed by atoms with Gasteiger partial charge in [0.05, 0.1) is 35.9 Å². The monoisotopic (exact) mass is 385 g/mol. The van der Waals surface area contributed by atoms with Crippen molar-refractivity contribution in [1.82, 2.24) is 9.47 Å². The van der Waals surface area contributed by atoms with Crippen molar-refractivity contribution in [2.75, 3.05) is 6.61 Å². The normalized spacial score (nSPS) is 24.1. The van der Waals surface area contributed by atoms with Crippen LogP contribution >= 0.6 is 0 Å². The van der Waals surface area contributed by atoms with Crippen molar-refractivity contribution in [1.29, 1.82) is 0 Å². The van der Waals surface area contributed by atoms with Crippen molar-refractivity contribution in [2.24, 2.45) is 5.73 Å². The number of fused-ring (bicyclic) bond motifs is 1. The van der Waals surface area contributed by atoms with Gasteiger partial charge in [-0.15, -0.1) is 0 Å². The van der Waals surface area contributed by atoms with E-state index in [1.807, 2.05) is 0 Å². The van der Waals surface area contributed by atoms with Gasteiger partial charge in [0.2, 0.25) is 0 Å². The number of aliphatic hydroxyl groups is 2. The Balaban J connectivity index is 1.62. The Hall–Kier alpha value is -3.01. The number of amides is 3. The third-order valence-corrected chi connectivity index (χ3v) is 5.12. The fourth-order valence-corrected chi connectivity index (χ4v) is 3.65. The molecule has 1 aromatic carbocycles. The summed E-state index contributed by atoms with van der Waals surface area (Å²) < 4.78 is 7.15. The summed E-state index contributed by atoms with van der Waals surface area (Å²) in [4.78, 5) is 38.1. The zero-order valence-corrected chi connectivity index (χ0v) is 14.8. The van der Waals surface area contributed by atoms with Crippen LogP contribution in [-0.2, 0) is 11.3 Å². The molecule has 2 aromatic rings. The van der Waals surface area contributed by atoms with Gasteiger partial charge in [-0.2, -0.15) is 0 Å². The Morgan fingerprint density at radius 3 is 2.36 bits per heavy atom. The van der Waals surface area contributed by atoms with E-state index >= 15 is 0 Å². The molecule has 0 bridgehead atoms. The van der Waals surface area contributed by atoms with Crippen molar-refractivity contribution in [3.63, 3.8) is 0 Å². The molecule has 9 heteroatoms. The van der Waals surface area contributed by atoms with Crippen LogP contribution in [0.1, 0.15) is 49.3 Å². The molecule has 146 valence electrons. The molecule has 2 aliphatic rings. The third-order valence-electron chi connectivity index (χ3n) is 5.12. The van der Waals surface area contributed by atoms with Crippen LogP contribution in [0.4, 0.5) is 0 Å². The fourth-order valence-electron chi connectivity index (χ4n) is 3.65. The third kappa shape index (κ3) is 2.89. The SMILES string of the molecule is NC(=O)c1cn([C@H]2C[C@H](O)[C@@H](CO)O2)cc1CN1C(=O)c2ccccc2C1=O. The highest BCUT2D eigenvalue weighted by Crippen LogP contribution is 2.31. The van der Waals surface area contributed by atoms with E-state index in [9.17, 15) is 24.6 Å². The van der Waals surface area contributed by atoms with Crippen molar-refractivity contribution < 1.29 is 29.3 Å². The summed E-state index contributed by atoms with van der Waals surface area (Å²) in [5, 5.41) is 19.2. The number of rotatable bonds is 5. The molecule has 0 saturated carbocycles. The first kappa shape index (κ1) is 18.4. The molecule has 3 atom stereocenters. The van der Waals surface area contributed by atoms with E-state index < -0.39 is 36.2 Å². The molecule has 0 aliphatic carbocycles. The zero-order valence-electron chi connectivity index (χ0n) is 14.8. The van der Waals surface area contributed by atoms with Crippen LogP contribution in [0.25, 0.3) is 0 Å². The first-order valence-electron chi connectivity index (χ1n) is 8.80. The van der Waals surface area contributed by atoms with E-state index in [0.717, 1.165) is 4.90 Å². The van der Waals surface area contributed by atoms with E-state index in [1.54, 1.807) is 35.0 Å². The first-order chi connectivity index (χ1) is 13.4. The second kappa shape index (κ2) is 6.86. The number of hydrogen-bond acceptors (Lipinski definition) is 6. The van der Waals surface area contributed by atoms with Gasteiger partial charge in [0.15, 0.2) is 0 Å². The van der Waals surface area contributed by atoms with Crippen LogP contribution < -0.4 is 5.73 Å². The molecule has 1 saturated heterocycles. The fraction of sp³-hybridized carbons (Fsp3) is 0.316. The van der Waals surface area contributed by atoms with Gasteiger partial charge in [-0.1, -0.05) is 12.1 Å². The number of hydrogen-bond donors (Lipinski definition) is 3. The average Bonchev–Trinajstić information content (AvgIpc) is 3.33. The summed E-state index contributed by atoms with van der Waals surface area (Å²) in [6, 6.07) is 6.52. The van der Waals surface area contributed by atoms with Gasteiger partial charge in [0, 0.05) is 24.4 Å². The number of imide groups is 1. The predicted octanol–water partition coefficient (Wildman–Crippen LogP) is 0.0239. The number of carbonyl (C=O) groups is 3. The topological polar surface area (TPSA) is 135 Å². The minimum atomic E-state index is -0.839. The zero-order chi connectivity index (χ0) is 20.0. The number of nitrogens with zero attached hydrogens (tertiary/aromatic N) is 2. The van der Waals surface area contributed by atoms with Crippen molar-refractivity contribution >= 4 is 17.7 Å². The maximum atomic E-state index is 12.6. The molecule has 3 heterocycles. The van der Waals surface area contributed by atoms with Gasteiger partial charge in [-0.3, -0.25) is 19.3 Å². The number of carbonyl (C=O) groups excluding carboxylic acids is 3. The standard InChI is InChI=1S/C19H19N3O6/c20-17(25)13-8-21(16-5-14(24)15(9-23)28-16)6-10(13)7-22-18(26)11-3-1-2-4-12(11)19(22)27/h1-4,6,8,14-16,23-24H,5,7,9H2,(H2,20,25)/t14-,15+,16+/m0/s1. The minimum absolute atomic E-state index is 0.115. The lowest BCUT2D eigenvalue weighted by Gasteiger charge is -2.14. The number of primary amides is 1. The Labute approximate surface area is 159 Å². The van der Waals surface area contributed by atoms with Gasteiger partial charge < -0.3 is 25.3 Å². The molecule has 0 spiro atoms. The molecule has 4 rings (SSSR count). The molecule has 4 N–H and O–H groups in total. The van der Waals surface area contributed by atoms with E-state index in [2.05, 4.69) is 0 Å². The Morgan fingerprint density at radius 2 is 1.82 bits per heavy atom. The summed E-state index contributed by atoms with van der Waals surface area (Å²) in [5.74, 6) is -1.57. The first-order valence-corrected chi connectivity index (χ1v) is 8.80. The van der Waals surface area contributed by atoms with Crippen molar-refractivity contribution in [3.8, 4) is 0 Å². The van der Waals surface area contributed by atoms with E-state index in [0.29, 0.717) is 16.7 Å². The van der Waals surface area contributed by atoms with Crippen LogP contribution in [0.3, 0.4) is 0 Å². The lowest BCUT2D eigenvalue weighted by molar-refractivity contribution is -0.0442. The average molecular weight is 385 g/mol. The van der Waals surface area contributed by atoms with Crippen LogP contribution in [0.15, 0.2) is 36.7 Å². The maximum Gasteiger partial charge on any atom is 0.261 e. The summed E-state index contributed by atoms with van der Waals surface area (Å²) in [5.41, 5.74) is 6.65. The second-order valence-electron chi connectivity index (χ2n) is 6.87. The highest BCUT2D eigenvalue weighted by atomic mass is 16.5. The van der Waals surface area contributed by atoms with Crippen LogP contribution in [0.5, 0.6) is 0 Å². The van der Waals surface area contributed by atoms with Crippen LogP contribution in [0, 0.1) is 0 Å². The van der Waals surface area contributed by atoms with E-state index in [1.165, 1.54) is 6.20 Å². The molecular formula is C19H19N3O6. The van der Waals surface area contributed by atoms with Gasteiger partial charge >= 0.3 is 0 Å². The van der Waals surface area contributed by atoms with Crippen molar-refractivity contribution in [3.05, 3.63) is 58.9 Å². The number of benzene rings is 1. The van der Waals surface area contributed by atoms with Crippen molar-refractivity contribution in [2.45, 2.75) is 31.4 Å². The number of nitrogens with two attached hydrogens (primary N) is 1. The van der Waals surface area contributed by atoms with Gasteiger partial charge in [0.1, 0.15) is 12.3 Å². The Morgan fingerprint density at radius 1 is 1.18 bits per heavy atom. The minimum Gasteiger partial charge on any atom is -0.394 e. The van der Waals surface area contributed by atoms with Gasteiger partial charge in [-0.05, 0) is 12.1 Å². The molecule has 1 aromatic heterocycles. The Bertz CT molecular complexity index is 933. The summed E-state index contributed by atoms with van der Waals surface area (Å²) in [6.07, 6.45) is 1.11. The number of aromatic nitrogens is 1. The number of aliphatic hydroxyl groups excluding tert-OH is 2. The van der Waals surface area contributed by atoms with Gasteiger partial charge in [0.25, 0.3) is 17.7 Å². The highest BCUT2D eigenvalue weighted by molar-refractivity contribution is 6.21. The van der Waals surface area contributed by atoms with E-state index in [-0.39, 0.29) is 25.1 Å². The highest BCUT2D eigenvalue weighted by Gasteiger charge is 2.37. The Kier molecular flexibility index (Phi) is 4.50. The lowest BCUT2D eigenvalue weighted by atomic mass is 10.1. The maximum absolute atomic E-state index is 12.6. The van der Waals surface area contributed by atoms with Crippen LogP contribution in [-0.4, -0.2) is 56.2 Å². The molecule has 1 fully saturated rings. The number of ether oxygens (including phenoxy) is 1. The molecule has 28 heavy (non-hydrogen) atoms. The molecule has 3 amide bonds. The summed E-state index contributed by atoms with van der Waals surface area (Å²) in [7, 11) is 0. The summed E-state index contributed by atoms with van der Waals surface area (Å²) in [6.45, 7) is -0.445. The van der Waals surface area contributed by atoms with E-state index in [4.69, 9.17) is 10.5 Å².